The van der Waals surface area contributed by atoms with E-state index in [1.165, 1.54) is 0 Å². The summed E-state index contributed by atoms with van der Waals surface area (Å²) in [6, 6.07) is 15.9. The summed E-state index contributed by atoms with van der Waals surface area (Å²) in [5.74, 6) is 0.674. The summed E-state index contributed by atoms with van der Waals surface area (Å²) in [6.07, 6.45) is 1.55. The molecule has 2 aromatic carbocycles. The minimum atomic E-state index is -3.52. The van der Waals surface area contributed by atoms with Crippen molar-refractivity contribution in [1.29, 1.82) is 0 Å². The third kappa shape index (κ3) is 4.13. The van der Waals surface area contributed by atoms with Gasteiger partial charge in [-0.3, -0.25) is 4.72 Å². The average Bonchev–Trinajstić information content (AvgIpc) is 2.47. The van der Waals surface area contributed by atoms with Crippen molar-refractivity contribution < 1.29 is 13.2 Å². The van der Waals surface area contributed by atoms with Crippen molar-refractivity contribution in [2.75, 3.05) is 11.8 Å². The minimum Gasteiger partial charge on any atom is -0.497 e. The Bertz CT molecular complexity index is 677. The maximum Gasteiger partial charge on any atom is 0.255 e. The van der Waals surface area contributed by atoms with Crippen molar-refractivity contribution in [3.63, 3.8) is 0 Å². The van der Waals surface area contributed by atoms with Crippen molar-refractivity contribution in [2.45, 2.75) is 0 Å². The molecule has 0 atom stereocenters. The smallest absolute Gasteiger partial charge is 0.255 e. The van der Waals surface area contributed by atoms with Gasteiger partial charge in [0.25, 0.3) is 10.0 Å². The lowest BCUT2D eigenvalue weighted by atomic mass is 10.2. The molecule has 0 heterocycles. The molecule has 5 heteroatoms. The molecule has 1 N–H and O–H groups in total. The van der Waals surface area contributed by atoms with E-state index in [9.17, 15) is 8.42 Å². The van der Waals surface area contributed by atoms with Crippen molar-refractivity contribution in [2.24, 2.45) is 0 Å². The van der Waals surface area contributed by atoms with E-state index in [0.717, 1.165) is 11.0 Å². The SMILES string of the molecule is COc1ccc(NS(=O)(=O)C=Cc2ccccc2)cc1. The van der Waals surface area contributed by atoms with E-state index in [-0.39, 0.29) is 0 Å². The molecular weight excluding hydrogens is 274 g/mol. The molecule has 0 aliphatic heterocycles. The van der Waals surface area contributed by atoms with Crippen LogP contribution in [0.2, 0.25) is 0 Å². The Balaban J connectivity index is 2.09. The number of ether oxygens (including phenoxy) is 1. The first kappa shape index (κ1) is 14.1. The second kappa shape index (κ2) is 6.25. The van der Waals surface area contributed by atoms with E-state index in [1.54, 1.807) is 37.5 Å². The minimum absolute atomic E-state index is 0.489. The predicted molar refractivity (Wildman–Crippen MR) is 81.0 cm³/mol. The van der Waals surface area contributed by atoms with Crippen molar-refractivity contribution in [3.05, 3.63) is 65.6 Å². The van der Waals surface area contributed by atoms with Crippen LogP contribution in [-0.2, 0) is 10.0 Å². The molecule has 0 fully saturated rings. The Kier molecular flexibility index (Phi) is 4.42. The zero-order valence-electron chi connectivity index (χ0n) is 11.0. The number of rotatable bonds is 5. The van der Waals surface area contributed by atoms with Crippen LogP contribution < -0.4 is 9.46 Å². The summed E-state index contributed by atoms with van der Waals surface area (Å²) >= 11 is 0. The maximum absolute atomic E-state index is 11.9. The van der Waals surface area contributed by atoms with Crippen LogP contribution in [0.4, 0.5) is 5.69 Å². The Morgan fingerprint density at radius 2 is 1.65 bits per heavy atom. The number of sulfonamides is 1. The van der Waals surface area contributed by atoms with Gasteiger partial charge in [-0.15, -0.1) is 0 Å². The van der Waals surface area contributed by atoms with Gasteiger partial charge in [0.05, 0.1) is 12.5 Å². The topological polar surface area (TPSA) is 55.4 Å². The fourth-order valence-electron chi connectivity index (χ4n) is 1.59. The second-order valence-electron chi connectivity index (χ2n) is 4.09. The lowest BCUT2D eigenvalue weighted by Crippen LogP contribution is -2.08. The monoisotopic (exact) mass is 289 g/mol. The first-order valence-electron chi connectivity index (χ1n) is 5.99. The summed E-state index contributed by atoms with van der Waals surface area (Å²) in [5.41, 5.74) is 1.32. The van der Waals surface area contributed by atoms with Crippen LogP contribution in [-0.4, -0.2) is 15.5 Å². The summed E-state index contributed by atoms with van der Waals surface area (Å²) in [6.45, 7) is 0. The highest BCUT2D eigenvalue weighted by molar-refractivity contribution is 7.95. The third-order valence-electron chi connectivity index (χ3n) is 2.59. The van der Waals surface area contributed by atoms with Crippen LogP contribution in [0.25, 0.3) is 6.08 Å². The number of hydrogen-bond donors (Lipinski definition) is 1. The highest BCUT2D eigenvalue weighted by Crippen LogP contribution is 2.16. The van der Waals surface area contributed by atoms with Crippen LogP contribution in [0.3, 0.4) is 0 Å². The molecular formula is C15H15NO3S. The van der Waals surface area contributed by atoms with Crippen molar-refractivity contribution in [3.8, 4) is 5.75 Å². The van der Waals surface area contributed by atoms with Gasteiger partial charge in [-0.1, -0.05) is 30.3 Å². The zero-order chi connectivity index (χ0) is 14.4. The fraction of sp³-hybridized carbons (Fsp3) is 0.0667. The Morgan fingerprint density at radius 3 is 2.25 bits per heavy atom. The lowest BCUT2D eigenvalue weighted by Gasteiger charge is -2.05. The largest absolute Gasteiger partial charge is 0.497 e. The molecule has 0 aliphatic carbocycles. The van der Waals surface area contributed by atoms with Gasteiger partial charge >= 0.3 is 0 Å². The number of methoxy groups -OCH3 is 1. The van der Waals surface area contributed by atoms with Gasteiger partial charge in [0.2, 0.25) is 0 Å². The molecule has 0 saturated carbocycles. The normalized spacial score (nSPS) is 11.4. The number of benzene rings is 2. The van der Waals surface area contributed by atoms with E-state index in [0.29, 0.717) is 11.4 Å². The molecule has 20 heavy (non-hydrogen) atoms. The van der Waals surface area contributed by atoms with Gasteiger partial charge in [0.15, 0.2) is 0 Å². The molecule has 104 valence electrons. The maximum atomic E-state index is 11.9. The van der Waals surface area contributed by atoms with Crippen LogP contribution >= 0.6 is 0 Å². The van der Waals surface area contributed by atoms with E-state index in [1.807, 2.05) is 30.3 Å². The molecule has 0 aromatic heterocycles. The molecule has 0 bridgehead atoms. The number of nitrogens with one attached hydrogen (secondary N) is 1. The quantitative estimate of drug-likeness (QED) is 0.920. The Morgan fingerprint density at radius 1 is 1.00 bits per heavy atom. The standard InChI is InChI=1S/C15H15NO3S/c1-19-15-9-7-14(8-10-15)16-20(17,18)12-11-13-5-3-2-4-6-13/h2-12,16H,1H3. The van der Waals surface area contributed by atoms with Gasteiger partial charge < -0.3 is 4.74 Å². The molecule has 2 rings (SSSR count). The molecule has 0 radical (unpaired) electrons. The molecule has 0 amide bonds. The van der Waals surface area contributed by atoms with Gasteiger partial charge in [0, 0.05) is 5.69 Å². The lowest BCUT2D eigenvalue weighted by molar-refractivity contribution is 0.415. The highest BCUT2D eigenvalue weighted by Gasteiger charge is 2.05. The Hall–Kier alpha value is -2.27. The van der Waals surface area contributed by atoms with Crippen LogP contribution in [0.1, 0.15) is 5.56 Å². The molecule has 2 aromatic rings. The van der Waals surface area contributed by atoms with E-state index >= 15 is 0 Å². The predicted octanol–water partition coefficient (Wildman–Crippen LogP) is 3.11. The number of anilines is 1. The van der Waals surface area contributed by atoms with Crippen LogP contribution in [0.5, 0.6) is 5.75 Å². The zero-order valence-corrected chi connectivity index (χ0v) is 11.8. The Labute approximate surface area is 118 Å². The third-order valence-corrected chi connectivity index (χ3v) is 3.60. The first-order chi connectivity index (χ1) is 9.59. The van der Waals surface area contributed by atoms with Crippen molar-refractivity contribution >= 4 is 21.8 Å². The van der Waals surface area contributed by atoms with Gasteiger partial charge in [-0.25, -0.2) is 8.42 Å². The molecule has 0 saturated heterocycles. The van der Waals surface area contributed by atoms with Crippen LogP contribution in [0.15, 0.2) is 60.0 Å². The second-order valence-corrected chi connectivity index (χ2v) is 5.66. The summed E-state index contributed by atoms with van der Waals surface area (Å²) in [4.78, 5) is 0. The summed E-state index contributed by atoms with van der Waals surface area (Å²) < 4.78 is 31.3. The average molecular weight is 289 g/mol. The summed E-state index contributed by atoms with van der Waals surface area (Å²) in [5, 5.41) is 1.15. The van der Waals surface area contributed by atoms with E-state index < -0.39 is 10.0 Å². The van der Waals surface area contributed by atoms with Gasteiger partial charge in [-0.2, -0.15) is 0 Å². The molecule has 0 aliphatic rings. The van der Waals surface area contributed by atoms with Gasteiger partial charge in [-0.05, 0) is 35.9 Å². The van der Waals surface area contributed by atoms with Gasteiger partial charge in [0.1, 0.15) is 5.75 Å². The molecule has 0 spiro atoms. The highest BCUT2D eigenvalue weighted by atomic mass is 32.2. The van der Waals surface area contributed by atoms with Crippen molar-refractivity contribution in [1.82, 2.24) is 0 Å². The van der Waals surface area contributed by atoms with E-state index in [2.05, 4.69) is 4.72 Å². The fourth-order valence-corrected chi connectivity index (χ4v) is 2.46. The van der Waals surface area contributed by atoms with E-state index in [4.69, 9.17) is 4.74 Å². The number of hydrogen-bond acceptors (Lipinski definition) is 3. The molecule has 4 nitrogen and oxygen atoms in total. The summed E-state index contributed by atoms with van der Waals surface area (Å²) in [7, 11) is -1.97. The molecule has 0 unspecified atom stereocenters. The first-order valence-corrected chi connectivity index (χ1v) is 7.54. The van der Waals surface area contributed by atoms with Crippen LogP contribution in [0, 0.1) is 0 Å².